The second kappa shape index (κ2) is 6.06. The minimum absolute atomic E-state index is 0.110. The van der Waals surface area contributed by atoms with Crippen molar-refractivity contribution < 1.29 is 9.13 Å². The molecule has 0 aromatic heterocycles. The largest absolute Gasteiger partial charge is 0.384 e. The van der Waals surface area contributed by atoms with Crippen LogP contribution in [-0.4, -0.2) is 43.8 Å². The number of nitrogens with one attached hydrogen (secondary N) is 1. The zero-order chi connectivity index (χ0) is 15.9. The van der Waals surface area contributed by atoms with Gasteiger partial charge in [-0.3, -0.25) is 0 Å². The third kappa shape index (κ3) is 2.87. The third-order valence-corrected chi connectivity index (χ3v) is 6.13. The van der Waals surface area contributed by atoms with E-state index in [0.717, 1.165) is 51.3 Å². The van der Waals surface area contributed by atoms with Crippen molar-refractivity contribution >= 4 is 5.69 Å². The maximum absolute atomic E-state index is 13.7. The molecule has 3 nitrogen and oxygen atoms in total. The number of hydrogen-bond donors (Lipinski definition) is 1. The first-order valence-corrected chi connectivity index (χ1v) is 9.04. The van der Waals surface area contributed by atoms with Gasteiger partial charge in [-0.25, -0.2) is 4.39 Å². The second-order valence-corrected chi connectivity index (χ2v) is 7.65. The van der Waals surface area contributed by atoms with Crippen LogP contribution in [-0.2, 0) is 10.2 Å². The molecule has 3 heterocycles. The Morgan fingerprint density at radius 3 is 2.96 bits per heavy atom. The number of anilines is 1. The Labute approximate surface area is 138 Å². The van der Waals surface area contributed by atoms with Crippen LogP contribution in [0.1, 0.15) is 38.2 Å². The standard InChI is InChI=1S/C19H27FN2O/c1-14(18-3-2-10-23-18)12-22-8-6-19(7-9-22)13-21-17-5-4-15(20)11-16(17)19/h4-5,11,14,18,21H,2-3,6-10,12-13H2,1H3/t14-,18+/m0/s1. The van der Waals surface area contributed by atoms with Crippen LogP contribution in [0.3, 0.4) is 0 Å². The molecule has 1 aromatic carbocycles. The number of ether oxygens (including phenoxy) is 1. The number of halogens is 1. The molecule has 4 rings (SSSR count). The quantitative estimate of drug-likeness (QED) is 0.924. The molecular weight excluding hydrogens is 291 g/mol. The number of rotatable bonds is 3. The van der Waals surface area contributed by atoms with Gasteiger partial charge in [0, 0.05) is 30.8 Å². The van der Waals surface area contributed by atoms with E-state index < -0.39 is 0 Å². The molecule has 0 radical (unpaired) electrons. The van der Waals surface area contributed by atoms with Gasteiger partial charge in [0.15, 0.2) is 0 Å². The number of benzene rings is 1. The highest BCUT2D eigenvalue weighted by Crippen LogP contribution is 2.44. The molecule has 2 atom stereocenters. The molecule has 2 fully saturated rings. The molecule has 2 saturated heterocycles. The maximum Gasteiger partial charge on any atom is 0.123 e. The molecule has 0 amide bonds. The maximum atomic E-state index is 13.7. The van der Waals surface area contributed by atoms with Crippen LogP contribution in [0, 0.1) is 11.7 Å². The summed E-state index contributed by atoms with van der Waals surface area (Å²) in [4.78, 5) is 2.58. The highest BCUT2D eigenvalue weighted by molar-refractivity contribution is 5.60. The normalized spacial score (nSPS) is 27.8. The van der Waals surface area contributed by atoms with E-state index in [9.17, 15) is 4.39 Å². The lowest BCUT2D eigenvalue weighted by Crippen LogP contribution is -2.46. The van der Waals surface area contributed by atoms with E-state index in [1.807, 2.05) is 6.07 Å². The Bertz CT molecular complexity index is 562. The molecule has 0 bridgehead atoms. The first-order chi connectivity index (χ1) is 11.2. The summed E-state index contributed by atoms with van der Waals surface area (Å²) < 4.78 is 19.5. The smallest absolute Gasteiger partial charge is 0.123 e. The Kier molecular flexibility index (Phi) is 4.06. The molecule has 3 aliphatic heterocycles. The topological polar surface area (TPSA) is 24.5 Å². The van der Waals surface area contributed by atoms with Crippen LogP contribution in [0.4, 0.5) is 10.1 Å². The Morgan fingerprint density at radius 1 is 1.39 bits per heavy atom. The van der Waals surface area contributed by atoms with Gasteiger partial charge in [0.2, 0.25) is 0 Å². The molecule has 23 heavy (non-hydrogen) atoms. The van der Waals surface area contributed by atoms with Crippen LogP contribution in [0.25, 0.3) is 0 Å². The fraction of sp³-hybridized carbons (Fsp3) is 0.684. The number of hydrogen-bond acceptors (Lipinski definition) is 3. The molecule has 1 N–H and O–H groups in total. The van der Waals surface area contributed by atoms with Gasteiger partial charge in [0.05, 0.1) is 6.10 Å². The fourth-order valence-electron chi connectivity index (χ4n) is 4.65. The Morgan fingerprint density at radius 2 is 2.22 bits per heavy atom. The molecule has 0 unspecified atom stereocenters. The second-order valence-electron chi connectivity index (χ2n) is 7.65. The van der Waals surface area contributed by atoms with Crippen LogP contribution >= 0.6 is 0 Å². The zero-order valence-corrected chi connectivity index (χ0v) is 14.0. The van der Waals surface area contributed by atoms with Crippen molar-refractivity contribution in [2.75, 3.05) is 38.1 Å². The third-order valence-electron chi connectivity index (χ3n) is 6.13. The van der Waals surface area contributed by atoms with E-state index in [4.69, 9.17) is 4.74 Å². The van der Waals surface area contributed by atoms with Gasteiger partial charge in [-0.1, -0.05) is 6.92 Å². The van der Waals surface area contributed by atoms with Crippen LogP contribution in [0.5, 0.6) is 0 Å². The first kappa shape index (κ1) is 15.4. The number of piperidine rings is 1. The molecule has 1 aromatic rings. The van der Waals surface area contributed by atoms with Gasteiger partial charge in [-0.2, -0.15) is 0 Å². The molecule has 4 heteroatoms. The molecule has 0 aliphatic carbocycles. The van der Waals surface area contributed by atoms with Crippen molar-refractivity contribution in [1.29, 1.82) is 0 Å². The van der Waals surface area contributed by atoms with Gasteiger partial charge < -0.3 is 15.0 Å². The number of nitrogens with zero attached hydrogens (tertiary/aromatic N) is 1. The van der Waals surface area contributed by atoms with Crippen LogP contribution in [0.2, 0.25) is 0 Å². The minimum atomic E-state index is -0.110. The number of likely N-dealkylation sites (tertiary alicyclic amines) is 1. The van der Waals surface area contributed by atoms with Gasteiger partial charge in [-0.15, -0.1) is 0 Å². The van der Waals surface area contributed by atoms with Crippen molar-refractivity contribution in [2.24, 2.45) is 5.92 Å². The van der Waals surface area contributed by atoms with Crippen molar-refractivity contribution in [3.8, 4) is 0 Å². The molecule has 3 aliphatic rings. The average Bonchev–Trinajstić information content (AvgIpc) is 3.20. The van der Waals surface area contributed by atoms with E-state index >= 15 is 0 Å². The summed E-state index contributed by atoms with van der Waals surface area (Å²) in [6, 6.07) is 5.20. The summed E-state index contributed by atoms with van der Waals surface area (Å²) in [5.74, 6) is 0.499. The highest BCUT2D eigenvalue weighted by Gasteiger charge is 2.41. The lowest BCUT2D eigenvalue weighted by atomic mass is 9.74. The highest BCUT2D eigenvalue weighted by atomic mass is 19.1. The van der Waals surface area contributed by atoms with Gasteiger partial charge in [0.25, 0.3) is 0 Å². The summed E-state index contributed by atoms with van der Waals surface area (Å²) in [5.41, 5.74) is 2.47. The van der Waals surface area contributed by atoms with Gasteiger partial charge in [-0.05, 0) is 68.5 Å². The molecule has 1 spiro atoms. The fourth-order valence-corrected chi connectivity index (χ4v) is 4.65. The monoisotopic (exact) mass is 318 g/mol. The zero-order valence-electron chi connectivity index (χ0n) is 14.0. The van der Waals surface area contributed by atoms with Crippen molar-refractivity contribution in [3.63, 3.8) is 0 Å². The summed E-state index contributed by atoms with van der Waals surface area (Å²) in [6.45, 7) is 7.56. The minimum Gasteiger partial charge on any atom is -0.384 e. The Balaban J connectivity index is 1.39. The predicted octanol–water partition coefficient (Wildman–Crippen LogP) is 3.40. The van der Waals surface area contributed by atoms with Crippen molar-refractivity contribution in [3.05, 3.63) is 29.6 Å². The molecule has 126 valence electrons. The summed E-state index contributed by atoms with van der Waals surface area (Å²) >= 11 is 0. The average molecular weight is 318 g/mol. The molecule has 0 saturated carbocycles. The lowest BCUT2D eigenvalue weighted by molar-refractivity contribution is 0.0444. The first-order valence-electron chi connectivity index (χ1n) is 9.04. The molecular formula is C19H27FN2O. The van der Waals surface area contributed by atoms with Crippen LogP contribution in [0.15, 0.2) is 18.2 Å². The lowest BCUT2D eigenvalue weighted by Gasteiger charge is -2.40. The van der Waals surface area contributed by atoms with Crippen molar-refractivity contribution in [1.82, 2.24) is 4.90 Å². The van der Waals surface area contributed by atoms with E-state index in [-0.39, 0.29) is 11.2 Å². The summed E-state index contributed by atoms with van der Waals surface area (Å²) in [5, 5.41) is 3.48. The summed E-state index contributed by atoms with van der Waals surface area (Å²) in [6.07, 6.45) is 5.12. The van der Waals surface area contributed by atoms with E-state index in [1.165, 1.54) is 18.4 Å². The Hall–Kier alpha value is -1.13. The van der Waals surface area contributed by atoms with Gasteiger partial charge in [0.1, 0.15) is 5.82 Å². The predicted molar refractivity (Wildman–Crippen MR) is 90.4 cm³/mol. The summed E-state index contributed by atoms with van der Waals surface area (Å²) in [7, 11) is 0. The SMILES string of the molecule is C[C@@H](CN1CCC2(CC1)CNc1ccc(F)cc12)[C@H]1CCCO1. The van der Waals surface area contributed by atoms with Gasteiger partial charge >= 0.3 is 0 Å². The van der Waals surface area contributed by atoms with E-state index in [0.29, 0.717) is 12.0 Å². The number of fused-ring (bicyclic) bond motifs is 2. The van der Waals surface area contributed by atoms with Crippen molar-refractivity contribution in [2.45, 2.75) is 44.1 Å². The van der Waals surface area contributed by atoms with E-state index in [1.54, 1.807) is 12.1 Å². The van der Waals surface area contributed by atoms with E-state index in [2.05, 4.69) is 17.1 Å². The van der Waals surface area contributed by atoms with Crippen LogP contribution < -0.4 is 5.32 Å².